The van der Waals surface area contributed by atoms with Crippen molar-refractivity contribution < 1.29 is 13.9 Å². The van der Waals surface area contributed by atoms with Crippen molar-refractivity contribution in [2.24, 2.45) is 0 Å². The van der Waals surface area contributed by atoms with Crippen LogP contribution in [-0.2, 0) is 0 Å². The van der Waals surface area contributed by atoms with E-state index in [9.17, 15) is 4.79 Å². The van der Waals surface area contributed by atoms with Gasteiger partial charge in [-0.3, -0.25) is 4.79 Å². The molecule has 0 fully saturated rings. The van der Waals surface area contributed by atoms with Gasteiger partial charge in [0.25, 0.3) is 0 Å². The van der Waals surface area contributed by atoms with Crippen LogP contribution in [0.4, 0.5) is 0 Å². The summed E-state index contributed by atoms with van der Waals surface area (Å²) in [6, 6.07) is 12.6. The Morgan fingerprint density at radius 2 is 2.00 bits per heavy atom. The first-order valence-corrected chi connectivity index (χ1v) is 6.43. The molecule has 100 valence electrons. The van der Waals surface area contributed by atoms with Crippen molar-refractivity contribution in [3.63, 3.8) is 0 Å². The van der Waals surface area contributed by atoms with Gasteiger partial charge in [0.1, 0.15) is 5.76 Å². The highest BCUT2D eigenvalue weighted by Gasteiger charge is 2.15. The van der Waals surface area contributed by atoms with Gasteiger partial charge in [-0.1, -0.05) is 23.7 Å². The number of carbonyl (C=O) groups excluding carboxylic acids is 1. The molecule has 4 heteroatoms. The van der Waals surface area contributed by atoms with Crippen LogP contribution in [0.5, 0.6) is 5.75 Å². The van der Waals surface area contributed by atoms with E-state index in [2.05, 4.69) is 0 Å². The maximum absolute atomic E-state index is 11.1. The fraction of sp³-hybridized carbons (Fsp3) is 0.0625. The molecule has 0 aliphatic rings. The van der Waals surface area contributed by atoms with Crippen LogP contribution in [0.15, 0.2) is 46.9 Å². The number of carbonyl (C=O) groups is 1. The molecule has 3 nitrogen and oxygen atoms in total. The van der Waals surface area contributed by atoms with Gasteiger partial charge in [-0.15, -0.1) is 0 Å². The number of aldehydes is 1. The Morgan fingerprint density at radius 3 is 2.70 bits per heavy atom. The maximum atomic E-state index is 11.1. The summed E-state index contributed by atoms with van der Waals surface area (Å²) in [7, 11) is 1.56. The maximum Gasteiger partial charge on any atom is 0.177 e. The summed E-state index contributed by atoms with van der Waals surface area (Å²) in [5, 5.41) is 1.31. The van der Waals surface area contributed by atoms with E-state index >= 15 is 0 Å². The molecular weight excluding hydrogens is 276 g/mol. The summed E-state index contributed by atoms with van der Waals surface area (Å²) in [5.41, 5.74) is 1.89. The monoisotopic (exact) mass is 286 g/mol. The summed E-state index contributed by atoms with van der Waals surface area (Å²) in [4.78, 5) is 11.1. The van der Waals surface area contributed by atoms with Crippen LogP contribution >= 0.6 is 11.6 Å². The van der Waals surface area contributed by atoms with Crippen LogP contribution < -0.4 is 4.74 Å². The minimum Gasteiger partial charge on any atom is -0.493 e. The summed E-state index contributed by atoms with van der Waals surface area (Å²) in [6.07, 6.45) is 0.799. The lowest BCUT2D eigenvalue weighted by Crippen LogP contribution is -1.86. The molecule has 0 aliphatic carbocycles. The first-order chi connectivity index (χ1) is 9.74. The zero-order chi connectivity index (χ0) is 14.1. The number of rotatable bonds is 3. The SMILES string of the molecule is COc1ccc(C=O)c2cc(-c3ccccc3Cl)oc12. The topological polar surface area (TPSA) is 39.4 Å². The van der Waals surface area contributed by atoms with Crippen molar-refractivity contribution in [1.29, 1.82) is 0 Å². The smallest absolute Gasteiger partial charge is 0.177 e. The summed E-state index contributed by atoms with van der Waals surface area (Å²) in [5.74, 6) is 1.20. The molecule has 0 saturated carbocycles. The molecule has 0 spiro atoms. The van der Waals surface area contributed by atoms with E-state index in [1.54, 1.807) is 25.3 Å². The number of benzene rings is 2. The molecule has 0 atom stereocenters. The van der Waals surface area contributed by atoms with E-state index in [0.717, 1.165) is 11.8 Å². The van der Waals surface area contributed by atoms with Crippen molar-refractivity contribution >= 4 is 28.9 Å². The standard InChI is InChI=1S/C16H11ClO3/c1-19-14-7-6-10(9-18)12-8-15(20-16(12)14)11-4-2-3-5-13(11)17/h2-9H,1H3. The minimum absolute atomic E-state index is 0.548. The fourth-order valence-corrected chi connectivity index (χ4v) is 2.41. The molecule has 0 aliphatic heterocycles. The number of methoxy groups -OCH3 is 1. The number of halogens is 1. The molecule has 0 unspecified atom stereocenters. The van der Waals surface area contributed by atoms with Gasteiger partial charge in [0.05, 0.1) is 12.1 Å². The van der Waals surface area contributed by atoms with E-state index in [1.807, 2.05) is 24.3 Å². The van der Waals surface area contributed by atoms with Crippen molar-refractivity contribution in [3.8, 4) is 17.1 Å². The molecular formula is C16H11ClO3. The first-order valence-electron chi connectivity index (χ1n) is 6.05. The lowest BCUT2D eigenvalue weighted by atomic mass is 10.1. The van der Waals surface area contributed by atoms with Crippen molar-refractivity contribution in [3.05, 3.63) is 53.1 Å². The van der Waals surface area contributed by atoms with Gasteiger partial charge in [-0.25, -0.2) is 0 Å². The normalized spacial score (nSPS) is 10.7. The largest absolute Gasteiger partial charge is 0.493 e. The molecule has 3 rings (SSSR count). The third-order valence-corrected chi connectivity index (χ3v) is 3.50. The van der Waals surface area contributed by atoms with E-state index < -0.39 is 0 Å². The average Bonchev–Trinajstić information content (AvgIpc) is 2.91. The predicted molar refractivity (Wildman–Crippen MR) is 78.6 cm³/mol. The average molecular weight is 287 g/mol. The molecule has 0 amide bonds. The molecule has 0 bridgehead atoms. The second-order valence-electron chi connectivity index (χ2n) is 4.31. The zero-order valence-electron chi connectivity index (χ0n) is 10.7. The van der Waals surface area contributed by atoms with Crippen LogP contribution in [0, 0.1) is 0 Å². The number of furan rings is 1. The summed E-state index contributed by atoms with van der Waals surface area (Å²) < 4.78 is 11.1. The lowest BCUT2D eigenvalue weighted by molar-refractivity contribution is 0.112. The molecule has 3 aromatic rings. The molecule has 1 heterocycles. The van der Waals surface area contributed by atoms with E-state index in [4.69, 9.17) is 20.8 Å². The predicted octanol–water partition coefficient (Wildman–Crippen LogP) is 4.57. The molecule has 0 N–H and O–H groups in total. The highest BCUT2D eigenvalue weighted by molar-refractivity contribution is 6.33. The van der Waals surface area contributed by atoms with Crippen LogP contribution in [-0.4, -0.2) is 13.4 Å². The Balaban J connectivity index is 2.30. The Morgan fingerprint density at radius 1 is 1.20 bits per heavy atom. The van der Waals surface area contributed by atoms with Gasteiger partial charge in [0.2, 0.25) is 0 Å². The third kappa shape index (κ3) is 1.96. The molecule has 0 radical (unpaired) electrons. The highest BCUT2D eigenvalue weighted by atomic mass is 35.5. The van der Waals surface area contributed by atoms with Gasteiger partial charge in [-0.2, -0.15) is 0 Å². The lowest BCUT2D eigenvalue weighted by Gasteiger charge is -2.01. The van der Waals surface area contributed by atoms with E-state index in [1.165, 1.54) is 0 Å². The highest BCUT2D eigenvalue weighted by Crippen LogP contribution is 2.37. The van der Waals surface area contributed by atoms with Crippen molar-refractivity contribution in [1.82, 2.24) is 0 Å². The Labute approximate surface area is 120 Å². The van der Waals surface area contributed by atoms with Crippen molar-refractivity contribution in [2.45, 2.75) is 0 Å². The van der Waals surface area contributed by atoms with Gasteiger partial charge in [0.15, 0.2) is 17.6 Å². The number of fused-ring (bicyclic) bond motifs is 1. The zero-order valence-corrected chi connectivity index (χ0v) is 11.5. The third-order valence-electron chi connectivity index (χ3n) is 3.17. The van der Waals surface area contributed by atoms with Crippen LogP contribution in [0.3, 0.4) is 0 Å². The van der Waals surface area contributed by atoms with Crippen molar-refractivity contribution in [2.75, 3.05) is 7.11 Å². The summed E-state index contributed by atoms with van der Waals surface area (Å²) in [6.45, 7) is 0. The molecule has 0 saturated heterocycles. The second-order valence-corrected chi connectivity index (χ2v) is 4.72. The van der Waals surface area contributed by atoms with Gasteiger partial charge in [0, 0.05) is 16.5 Å². The number of hydrogen-bond acceptors (Lipinski definition) is 3. The van der Waals surface area contributed by atoms with Gasteiger partial charge < -0.3 is 9.15 Å². The molecule has 2 aromatic carbocycles. The number of hydrogen-bond donors (Lipinski definition) is 0. The Kier molecular flexibility index (Phi) is 3.20. The van der Waals surface area contributed by atoms with Crippen LogP contribution in [0.25, 0.3) is 22.3 Å². The van der Waals surface area contributed by atoms with E-state index in [-0.39, 0.29) is 0 Å². The van der Waals surface area contributed by atoms with Crippen LogP contribution in [0.1, 0.15) is 10.4 Å². The Bertz CT molecular complexity index is 790. The Hall–Kier alpha value is -2.26. The summed E-state index contributed by atoms with van der Waals surface area (Å²) >= 11 is 6.17. The quantitative estimate of drug-likeness (QED) is 0.662. The van der Waals surface area contributed by atoms with Crippen LogP contribution in [0.2, 0.25) is 5.02 Å². The minimum atomic E-state index is 0.548. The van der Waals surface area contributed by atoms with E-state index in [0.29, 0.717) is 33.1 Å². The van der Waals surface area contributed by atoms with Gasteiger partial charge in [-0.05, 0) is 30.3 Å². The molecule has 1 aromatic heterocycles. The number of ether oxygens (including phenoxy) is 1. The second kappa shape index (κ2) is 5.02. The fourth-order valence-electron chi connectivity index (χ4n) is 2.18. The first kappa shape index (κ1) is 12.8. The molecule has 20 heavy (non-hydrogen) atoms. The van der Waals surface area contributed by atoms with Gasteiger partial charge >= 0.3 is 0 Å².